The van der Waals surface area contributed by atoms with Gasteiger partial charge in [0.15, 0.2) is 0 Å². The standard InChI is InChI=1S/C23H39NO4/c1-13-6-9-18-22(4,14(13)7-8-15(24)20(27)28)11-10-17-21(2,3)19(26)16(25)12-23(17,18)5/h6,14-19,25-26H,7-12,24H2,1-5H3,(H,27,28)/t14-,15-,16-,17+,18-,19+,22-,23+/m0/s1. The fourth-order valence-corrected chi connectivity index (χ4v) is 7.67. The second kappa shape index (κ2) is 7.10. The highest BCUT2D eigenvalue weighted by molar-refractivity contribution is 5.72. The number of hydrogen-bond acceptors (Lipinski definition) is 4. The minimum absolute atomic E-state index is 0.0422. The van der Waals surface area contributed by atoms with Crippen LogP contribution in [0.1, 0.15) is 73.1 Å². The summed E-state index contributed by atoms with van der Waals surface area (Å²) in [5.74, 6) is 0.169. The minimum Gasteiger partial charge on any atom is -0.480 e. The number of hydrogen-bond donors (Lipinski definition) is 4. The van der Waals surface area contributed by atoms with Crippen LogP contribution in [-0.4, -0.2) is 39.5 Å². The van der Waals surface area contributed by atoms with Gasteiger partial charge in [-0.3, -0.25) is 4.79 Å². The lowest BCUT2D eigenvalue weighted by molar-refractivity contribution is -0.217. The van der Waals surface area contributed by atoms with Crippen molar-refractivity contribution >= 4 is 5.97 Å². The van der Waals surface area contributed by atoms with E-state index < -0.39 is 24.2 Å². The van der Waals surface area contributed by atoms with Crippen molar-refractivity contribution in [2.45, 2.75) is 91.4 Å². The summed E-state index contributed by atoms with van der Waals surface area (Å²) in [7, 11) is 0. The van der Waals surface area contributed by atoms with Gasteiger partial charge in [0.05, 0.1) is 12.2 Å². The van der Waals surface area contributed by atoms with Gasteiger partial charge in [-0.25, -0.2) is 0 Å². The maximum atomic E-state index is 11.2. The summed E-state index contributed by atoms with van der Waals surface area (Å²) in [4.78, 5) is 11.2. The van der Waals surface area contributed by atoms with E-state index in [2.05, 4.69) is 40.7 Å². The van der Waals surface area contributed by atoms with Crippen molar-refractivity contribution in [1.29, 1.82) is 0 Å². The number of allylic oxidation sites excluding steroid dienone is 2. The van der Waals surface area contributed by atoms with Crippen molar-refractivity contribution in [2.24, 2.45) is 39.7 Å². The Balaban J connectivity index is 1.93. The molecule has 0 heterocycles. The fraction of sp³-hybridized carbons (Fsp3) is 0.870. The van der Waals surface area contributed by atoms with E-state index in [0.29, 0.717) is 30.6 Å². The Labute approximate surface area is 169 Å². The van der Waals surface area contributed by atoms with Gasteiger partial charge in [0, 0.05) is 0 Å². The molecule has 0 amide bonds. The molecule has 28 heavy (non-hydrogen) atoms. The molecular weight excluding hydrogens is 354 g/mol. The van der Waals surface area contributed by atoms with Crippen molar-refractivity contribution in [3.05, 3.63) is 11.6 Å². The summed E-state index contributed by atoms with van der Waals surface area (Å²) in [6, 6.07) is -0.811. The highest BCUT2D eigenvalue weighted by atomic mass is 16.4. The predicted molar refractivity (Wildman–Crippen MR) is 110 cm³/mol. The fourth-order valence-electron chi connectivity index (χ4n) is 7.67. The second-order valence-electron chi connectivity index (χ2n) is 11.0. The van der Waals surface area contributed by atoms with Gasteiger partial charge in [0.25, 0.3) is 0 Å². The van der Waals surface area contributed by atoms with Crippen LogP contribution in [0.15, 0.2) is 11.6 Å². The first-order chi connectivity index (χ1) is 12.9. The molecule has 3 rings (SSSR count). The molecule has 0 bridgehead atoms. The molecule has 0 saturated heterocycles. The highest BCUT2D eigenvalue weighted by Gasteiger charge is 2.64. The first kappa shape index (κ1) is 21.8. The maximum Gasteiger partial charge on any atom is 0.320 e. The van der Waals surface area contributed by atoms with E-state index in [9.17, 15) is 20.1 Å². The molecule has 0 spiro atoms. The largest absolute Gasteiger partial charge is 0.480 e. The minimum atomic E-state index is -0.930. The van der Waals surface area contributed by atoms with E-state index in [0.717, 1.165) is 25.7 Å². The molecule has 5 N–H and O–H groups in total. The molecule has 0 aromatic rings. The average molecular weight is 394 g/mol. The maximum absolute atomic E-state index is 11.2. The number of carboxylic acids is 1. The number of aliphatic hydroxyl groups excluding tert-OH is 2. The van der Waals surface area contributed by atoms with Crippen LogP contribution >= 0.6 is 0 Å². The molecule has 3 aliphatic carbocycles. The van der Waals surface area contributed by atoms with E-state index in [1.807, 2.05) is 0 Å². The molecule has 0 aliphatic heterocycles. The highest BCUT2D eigenvalue weighted by Crippen LogP contribution is 2.68. The lowest BCUT2D eigenvalue weighted by Gasteiger charge is -2.66. The van der Waals surface area contributed by atoms with E-state index in [-0.39, 0.29) is 16.2 Å². The number of carboxylic acid groups (broad SMARTS) is 1. The molecule has 5 heteroatoms. The van der Waals surface area contributed by atoms with E-state index >= 15 is 0 Å². The molecule has 0 aromatic heterocycles. The van der Waals surface area contributed by atoms with Gasteiger partial charge in [0.2, 0.25) is 0 Å². The Bertz CT molecular complexity index is 659. The number of rotatable bonds is 4. The van der Waals surface area contributed by atoms with Crippen LogP contribution in [0.5, 0.6) is 0 Å². The van der Waals surface area contributed by atoms with Gasteiger partial charge in [0.1, 0.15) is 6.04 Å². The third kappa shape index (κ3) is 3.14. The average Bonchev–Trinajstić information content (AvgIpc) is 2.58. The molecule has 8 atom stereocenters. The Morgan fingerprint density at radius 1 is 1.21 bits per heavy atom. The topological polar surface area (TPSA) is 104 Å². The number of carbonyl (C=O) groups is 1. The van der Waals surface area contributed by atoms with Gasteiger partial charge in [-0.05, 0) is 79.4 Å². The summed E-state index contributed by atoms with van der Waals surface area (Å²) < 4.78 is 0. The lowest BCUT2D eigenvalue weighted by Crippen LogP contribution is -2.64. The van der Waals surface area contributed by atoms with Gasteiger partial charge in [-0.15, -0.1) is 0 Å². The molecule has 2 saturated carbocycles. The van der Waals surface area contributed by atoms with Gasteiger partial charge in [-0.1, -0.05) is 39.3 Å². The first-order valence-corrected chi connectivity index (χ1v) is 10.9. The van der Waals surface area contributed by atoms with Crippen LogP contribution in [0.4, 0.5) is 0 Å². The zero-order valence-electron chi connectivity index (χ0n) is 18.1. The Morgan fingerprint density at radius 2 is 1.86 bits per heavy atom. The van der Waals surface area contributed by atoms with Crippen molar-refractivity contribution in [2.75, 3.05) is 0 Å². The molecule has 0 unspecified atom stereocenters. The summed E-state index contributed by atoms with van der Waals surface area (Å²) >= 11 is 0. The molecule has 160 valence electrons. The predicted octanol–water partition coefficient (Wildman–Crippen LogP) is 3.34. The molecule has 2 fully saturated rings. The smallest absolute Gasteiger partial charge is 0.320 e. The third-order valence-corrected chi connectivity index (χ3v) is 9.14. The van der Waals surface area contributed by atoms with Crippen molar-refractivity contribution < 1.29 is 20.1 Å². The Hall–Kier alpha value is -0.910. The zero-order chi connectivity index (χ0) is 21.1. The zero-order valence-corrected chi connectivity index (χ0v) is 18.1. The monoisotopic (exact) mass is 393 g/mol. The molecule has 0 aromatic carbocycles. The van der Waals surface area contributed by atoms with Crippen LogP contribution in [0, 0.1) is 34.0 Å². The number of fused-ring (bicyclic) bond motifs is 3. The quantitative estimate of drug-likeness (QED) is 0.549. The van der Waals surface area contributed by atoms with Crippen LogP contribution < -0.4 is 5.73 Å². The number of aliphatic carboxylic acids is 1. The van der Waals surface area contributed by atoms with E-state index in [1.165, 1.54) is 5.57 Å². The third-order valence-electron chi connectivity index (χ3n) is 9.14. The van der Waals surface area contributed by atoms with Crippen molar-refractivity contribution in [3.8, 4) is 0 Å². The summed E-state index contributed by atoms with van der Waals surface area (Å²) in [6.07, 6.45) is 5.98. The lowest BCUT2D eigenvalue weighted by atomic mass is 9.39. The molecular formula is C23H39NO4. The van der Waals surface area contributed by atoms with Gasteiger partial charge >= 0.3 is 5.97 Å². The molecule has 0 radical (unpaired) electrons. The van der Waals surface area contributed by atoms with Crippen LogP contribution in [0.25, 0.3) is 0 Å². The van der Waals surface area contributed by atoms with Crippen LogP contribution in [0.3, 0.4) is 0 Å². The van der Waals surface area contributed by atoms with Gasteiger partial charge in [-0.2, -0.15) is 0 Å². The van der Waals surface area contributed by atoms with Crippen molar-refractivity contribution in [1.82, 2.24) is 0 Å². The summed E-state index contributed by atoms with van der Waals surface area (Å²) in [5.41, 5.74) is 6.88. The van der Waals surface area contributed by atoms with Crippen LogP contribution in [0.2, 0.25) is 0 Å². The SMILES string of the molecule is CC1=CC[C@@H]2[C@]3(C)C[C@H](O)[C@@H](O)C(C)(C)[C@H]3CC[C@@]2(C)[C@H]1CC[C@H](N)C(=O)O. The van der Waals surface area contributed by atoms with E-state index in [4.69, 9.17) is 5.73 Å². The Kier molecular flexibility index (Phi) is 5.53. The number of aliphatic hydroxyl groups is 2. The molecule has 5 nitrogen and oxygen atoms in total. The van der Waals surface area contributed by atoms with Crippen molar-refractivity contribution in [3.63, 3.8) is 0 Å². The number of nitrogens with two attached hydrogens (primary N) is 1. The second-order valence-corrected chi connectivity index (χ2v) is 11.0. The summed E-state index contributed by atoms with van der Waals surface area (Å²) in [6.45, 7) is 11.1. The van der Waals surface area contributed by atoms with Gasteiger partial charge < -0.3 is 21.1 Å². The molecule has 3 aliphatic rings. The normalized spacial score (nSPS) is 46.1. The Morgan fingerprint density at radius 3 is 2.46 bits per heavy atom. The summed E-state index contributed by atoms with van der Waals surface area (Å²) in [5, 5.41) is 30.6. The van der Waals surface area contributed by atoms with Crippen LogP contribution in [-0.2, 0) is 4.79 Å². The first-order valence-electron chi connectivity index (χ1n) is 10.9. The van der Waals surface area contributed by atoms with E-state index in [1.54, 1.807) is 0 Å².